The Morgan fingerprint density at radius 2 is 2.14 bits per heavy atom. The van der Waals surface area contributed by atoms with Crippen LogP contribution in [-0.4, -0.2) is 59.6 Å². The molecule has 1 saturated carbocycles. The zero-order valence-electron chi connectivity index (χ0n) is 13.3. The van der Waals surface area contributed by atoms with Crippen molar-refractivity contribution < 1.29 is 9.53 Å². The van der Waals surface area contributed by atoms with Crippen molar-refractivity contribution in [3.63, 3.8) is 0 Å². The number of amides is 1. The van der Waals surface area contributed by atoms with Crippen LogP contribution < -0.4 is 0 Å². The number of morpholine rings is 1. The molecule has 2 heterocycles. The van der Waals surface area contributed by atoms with Crippen molar-refractivity contribution >= 4 is 5.91 Å². The van der Waals surface area contributed by atoms with Gasteiger partial charge in [-0.25, -0.2) is 0 Å². The van der Waals surface area contributed by atoms with Crippen LogP contribution in [0.5, 0.6) is 0 Å². The maximum atomic E-state index is 12.7. The molecule has 0 bridgehead atoms. The molecule has 5 heteroatoms. The van der Waals surface area contributed by atoms with Crippen LogP contribution in [0.1, 0.15) is 31.2 Å². The van der Waals surface area contributed by atoms with E-state index in [1.165, 1.54) is 18.4 Å². The Balaban J connectivity index is 1.56. The summed E-state index contributed by atoms with van der Waals surface area (Å²) in [5.41, 5.74) is 1.18. The fraction of sp³-hybridized carbons (Fsp3) is 0.647. The normalized spacial score (nSPS) is 25.1. The molecule has 2 fully saturated rings. The molecule has 0 N–H and O–H groups in total. The van der Waals surface area contributed by atoms with E-state index in [0.717, 1.165) is 25.9 Å². The minimum Gasteiger partial charge on any atom is -0.374 e. The summed E-state index contributed by atoms with van der Waals surface area (Å²) in [4.78, 5) is 20.8. The lowest BCUT2D eigenvalue weighted by molar-refractivity contribution is -0.150. The van der Waals surface area contributed by atoms with E-state index in [2.05, 4.69) is 14.8 Å². The summed E-state index contributed by atoms with van der Waals surface area (Å²) >= 11 is 0. The van der Waals surface area contributed by atoms with Crippen molar-refractivity contribution in [1.82, 2.24) is 14.8 Å². The van der Waals surface area contributed by atoms with Crippen molar-refractivity contribution in [2.24, 2.45) is 0 Å². The Kier molecular flexibility index (Phi) is 5.05. The van der Waals surface area contributed by atoms with Gasteiger partial charge in [0.1, 0.15) is 0 Å². The molecule has 3 rings (SSSR count). The van der Waals surface area contributed by atoms with Gasteiger partial charge < -0.3 is 9.64 Å². The SMILES string of the molecule is CN(CC(=O)N1CCO[C@@H]2CCCC[C@H]21)Cc1ccncc1. The Bertz CT molecular complexity index is 492. The van der Waals surface area contributed by atoms with E-state index in [1.807, 2.05) is 19.2 Å². The number of hydrogen-bond donors (Lipinski definition) is 0. The molecule has 1 aromatic heterocycles. The molecule has 1 amide bonds. The van der Waals surface area contributed by atoms with Gasteiger partial charge in [0.2, 0.25) is 5.91 Å². The van der Waals surface area contributed by atoms with Gasteiger partial charge in [0.05, 0.1) is 25.3 Å². The van der Waals surface area contributed by atoms with Gasteiger partial charge in [-0.3, -0.25) is 14.7 Å². The van der Waals surface area contributed by atoms with Crippen molar-refractivity contribution in [3.8, 4) is 0 Å². The molecule has 1 aliphatic carbocycles. The van der Waals surface area contributed by atoms with Gasteiger partial charge >= 0.3 is 0 Å². The van der Waals surface area contributed by atoms with Crippen LogP contribution in [0.25, 0.3) is 0 Å². The number of carbonyl (C=O) groups excluding carboxylic acids is 1. The fourth-order valence-corrected chi connectivity index (χ4v) is 3.58. The summed E-state index contributed by atoms with van der Waals surface area (Å²) in [5, 5.41) is 0. The van der Waals surface area contributed by atoms with Crippen LogP contribution in [-0.2, 0) is 16.1 Å². The first-order valence-corrected chi connectivity index (χ1v) is 8.22. The summed E-state index contributed by atoms with van der Waals surface area (Å²) in [6, 6.07) is 4.28. The maximum Gasteiger partial charge on any atom is 0.237 e. The summed E-state index contributed by atoms with van der Waals surface area (Å²) in [6.07, 6.45) is 8.47. The molecule has 1 saturated heterocycles. The molecule has 2 aliphatic rings. The number of fused-ring (bicyclic) bond motifs is 1. The lowest BCUT2D eigenvalue weighted by Crippen LogP contribution is -2.56. The minimum atomic E-state index is 0.233. The number of pyridine rings is 1. The molecule has 0 spiro atoms. The molecule has 5 nitrogen and oxygen atoms in total. The van der Waals surface area contributed by atoms with Gasteiger partial charge in [0.25, 0.3) is 0 Å². The van der Waals surface area contributed by atoms with E-state index in [1.54, 1.807) is 12.4 Å². The van der Waals surface area contributed by atoms with E-state index in [4.69, 9.17) is 4.74 Å². The van der Waals surface area contributed by atoms with Crippen LogP contribution in [0.2, 0.25) is 0 Å². The summed E-state index contributed by atoms with van der Waals surface area (Å²) < 4.78 is 5.85. The number of hydrogen-bond acceptors (Lipinski definition) is 4. The molecule has 2 atom stereocenters. The lowest BCUT2D eigenvalue weighted by Gasteiger charge is -2.44. The fourth-order valence-electron chi connectivity index (χ4n) is 3.58. The van der Waals surface area contributed by atoms with Crippen LogP contribution in [0, 0.1) is 0 Å². The topological polar surface area (TPSA) is 45.7 Å². The number of ether oxygens (including phenoxy) is 1. The van der Waals surface area contributed by atoms with Gasteiger partial charge in [-0.15, -0.1) is 0 Å². The number of carbonyl (C=O) groups is 1. The highest BCUT2D eigenvalue weighted by atomic mass is 16.5. The molecule has 0 radical (unpaired) electrons. The highest BCUT2D eigenvalue weighted by Gasteiger charge is 2.36. The molecular weight excluding hydrogens is 278 g/mol. The van der Waals surface area contributed by atoms with Crippen LogP contribution in [0.3, 0.4) is 0 Å². The Morgan fingerprint density at radius 1 is 1.36 bits per heavy atom. The zero-order valence-corrected chi connectivity index (χ0v) is 13.3. The first kappa shape index (κ1) is 15.4. The molecule has 22 heavy (non-hydrogen) atoms. The number of nitrogens with zero attached hydrogens (tertiary/aromatic N) is 3. The van der Waals surface area contributed by atoms with E-state index < -0.39 is 0 Å². The predicted molar refractivity (Wildman–Crippen MR) is 84.3 cm³/mol. The van der Waals surface area contributed by atoms with E-state index >= 15 is 0 Å². The molecule has 1 aliphatic heterocycles. The third-order valence-electron chi connectivity index (χ3n) is 4.66. The van der Waals surface area contributed by atoms with Gasteiger partial charge in [-0.2, -0.15) is 0 Å². The summed E-state index contributed by atoms with van der Waals surface area (Å²) in [5.74, 6) is 0.233. The van der Waals surface area contributed by atoms with Crippen LogP contribution in [0.4, 0.5) is 0 Å². The van der Waals surface area contributed by atoms with E-state index in [9.17, 15) is 4.79 Å². The first-order valence-electron chi connectivity index (χ1n) is 8.22. The van der Waals surface area contributed by atoms with Crippen molar-refractivity contribution in [2.45, 2.75) is 44.4 Å². The van der Waals surface area contributed by atoms with Gasteiger partial charge in [0.15, 0.2) is 0 Å². The second-order valence-corrected chi connectivity index (χ2v) is 6.38. The highest BCUT2D eigenvalue weighted by molar-refractivity contribution is 5.78. The Morgan fingerprint density at radius 3 is 2.95 bits per heavy atom. The number of likely N-dealkylation sites (N-methyl/N-ethyl adjacent to an activating group) is 1. The molecule has 0 unspecified atom stereocenters. The molecule has 120 valence electrons. The number of aromatic nitrogens is 1. The van der Waals surface area contributed by atoms with Crippen molar-refractivity contribution in [1.29, 1.82) is 0 Å². The second-order valence-electron chi connectivity index (χ2n) is 6.38. The summed E-state index contributed by atoms with van der Waals surface area (Å²) in [7, 11) is 2.00. The lowest BCUT2D eigenvalue weighted by atomic mass is 9.90. The first-order chi connectivity index (χ1) is 10.7. The van der Waals surface area contributed by atoms with Crippen molar-refractivity contribution in [2.75, 3.05) is 26.7 Å². The standard InChI is InChI=1S/C17H25N3O2/c1-19(12-14-6-8-18-9-7-14)13-17(21)20-10-11-22-16-5-3-2-4-15(16)20/h6-9,15-16H,2-5,10-13H2,1H3/t15-,16-/m1/s1. The zero-order chi connectivity index (χ0) is 15.4. The van der Waals surface area contributed by atoms with E-state index in [0.29, 0.717) is 19.2 Å². The highest BCUT2D eigenvalue weighted by Crippen LogP contribution is 2.28. The van der Waals surface area contributed by atoms with Crippen LogP contribution >= 0.6 is 0 Å². The van der Waals surface area contributed by atoms with Crippen LogP contribution in [0.15, 0.2) is 24.5 Å². The second kappa shape index (κ2) is 7.20. The van der Waals surface area contributed by atoms with Gasteiger partial charge in [-0.05, 0) is 37.6 Å². The molecule has 0 aromatic carbocycles. The smallest absolute Gasteiger partial charge is 0.237 e. The predicted octanol–water partition coefficient (Wildman–Crippen LogP) is 1.68. The molecular formula is C17H25N3O2. The average molecular weight is 303 g/mol. The quantitative estimate of drug-likeness (QED) is 0.849. The summed E-state index contributed by atoms with van der Waals surface area (Å²) in [6.45, 7) is 2.66. The Hall–Kier alpha value is -1.46. The maximum absolute atomic E-state index is 12.7. The minimum absolute atomic E-state index is 0.233. The molecule has 1 aromatic rings. The van der Waals surface area contributed by atoms with Gasteiger partial charge in [-0.1, -0.05) is 12.8 Å². The largest absolute Gasteiger partial charge is 0.374 e. The third-order valence-corrected chi connectivity index (χ3v) is 4.66. The van der Waals surface area contributed by atoms with Crippen molar-refractivity contribution in [3.05, 3.63) is 30.1 Å². The monoisotopic (exact) mass is 303 g/mol. The Labute approximate surface area is 132 Å². The average Bonchev–Trinajstić information content (AvgIpc) is 2.55. The van der Waals surface area contributed by atoms with E-state index in [-0.39, 0.29) is 12.0 Å². The van der Waals surface area contributed by atoms with Gasteiger partial charge in [0, 0.05) is 25.5 Å². The number of rotatable bonds is 4. The third kappa shape index (κ3) is 3.65.